The van der Waals surface area contributed by atoms with Gasteiger partial charge in [0.1, 0.15) is 5.82 Å². The van der Waals surface area contributed by atoms with Gasteiger partial charge in [-0.05, 0) is 19.8 Å². The number of anilines is 1. The van der Waals surface area contributed by atoms with E-state index >= 15 is 0 Å². The lowest BCUT2D eigenvalue weighted by atomic mass is 9.98. The molecule has 0 aromatic carbocycles. The van der Waals surface area contributed by atoms with E-state index in [-0.39, 0.29) is 19.1 Å². The minimum Gasteiger partial charge on any atom is -0.378 e. The minimum atomic E-state index is -2.49. The van der Waals surface area contributed by atoms with Gasteiger partial charge in [-0.1, -0.05) is 0 Å². The number of ether oxygens (including phenoxy) is 1. The molecule has 164 valence electrons. The van der Waals surface area contributed by atoms with Gasteiger partial charge in [0.05, 0.1) is 39.2 Å². The lowest BCUT2D eigenvalue weighted by Crippen LogP contribution is -2.61. The second-order valence-corrected chi connectivity index (χ2v) is 8.53. The Kier molecular flexibility index (Phi) is 5.32. The highest BCUT2D eigenvalue weighted by atomic mass is 19.3. The maximum atomic E-state index is 13.2. The number of likely N-dealkylation sites (tertiary alicyclic amines) is 2. The second-order valence-electron chi connectivity index (χ2n) is 8.53. The molecule has 0 saturated carbocycles. The van der Waals surface area contributed by atoms with Crippen molar-refractivity contribution >= 4 is 17.0 Å². The highest BCUT2D eigenvalue weighted by Gasteiger charge is 2.46. The molecule has 0 unspecified atom stereocenters. The van der Waals surface area contributed by atoms with Crippen LogP contribution in [0.4, 0.5) is 14.6 Å². The van der Waals surface area contributed by atoms with Crippen LogP contribution in [-0.2, 0) is 17.8 Å². The van der Waals surface area contributed by atoms with Crippen LogP contribution >= 0.6 is 0 Å². The maximum Gasteiger partial charge on any atom is 0.272 e. The summed E-state index contributed by atoms with van der Waals surface area (Å²) in [5, 5.41) is 0. The van der Waals surface area contributed by atoms with Gasteiger partial charge in [0.2, 0.25) is 0 Å². The first-order valence-corrected chi connectivity index (χ1v) is 10.9. The summed E-state index contributed by atoms with van der Waals surface area (Å²) in [6, 6.07) is 0.273. The maximum absolute atomic E-state index is 13.2. The van der Waals surface area contributed by atoms with Crippen molar-refractivity contribution in [1.29, 1.82) is 0 Å². The van der Waals surface area contributed by atoms with Crippen LogP contribution in [-0.4, -0.2) is 93.8 Å². The Morgan fingerprint density at radius 3 is 2.50 bits per heavy atom. The Balaban J connectivity index is 1.31. The number of aryl methyl sites for hydroxylation is 1. The van der Waals surface area contributed by atoms with Crippen LogP contribution in [0.1, 0.15) is 25.6 Å². The van der Waals surface area contributed by atoms with Gasteiger partial charge < -0.3 is 14.2 Å². The summed E-state index contributed by atoms with van der Waals surface area (Å²) in [6.45, 7) is 8.15. The molecule has 8 nitrogen and oxygen atoms in total. The Morgan fingerprint density at radius 1 is 1.10 bits per heavy atom. The average molecular weight is 421 g/mol. The van der Waals surface area contributed by atoms with Crippen molar-refractivity contribution in [2.24, 2.45) is 0 Å². The molecule has 3 fully saturated rings. The molecule has 5 rings (SSSR count). The lowest BCUT2D eigenvalue weighted by molar-refractivity contribution is -0.151. The van der Waals surface area contributed by atoms with Crippen LogP contribution in [0, 0.1) is 0 Å². The van der Waals surface area contributed by atoms with E-state index in [1.165, 1.54) is 0 Å². The minimum absolute atomic E-state index is 0.0820. The second kappa shape index (κ2) is 7.97. The van der Waals surface area contributed by atoms with Crippen molar-refractivity contribution in [2.75, 3.05) is 57.4 Å². The Hall–Kier alpha value is -1.91. The SMILES string of the molecule is CCn1cnc2c(N3CCOCC3)nc(CN3CCC(N4CC(F)(F)C4)CC3)nc21. The van der Waals surface area contributed by atoms with Gasteiger partial charge in [-0.15, -0.1) is 0 Å². The Bertz CT molecular complexity index is 883. The molecule has 0 bridgehead atoms. The Labute approximate surface area is 174 Å². The van der Waals surface area contributed by atoms with Crippen molar-refractivity contribution in [3.05, 3.63) is 12.2 Å². The summed E-state index contributed by atoms with van der Waals surface area (Å²) in [4.78, 5) is 20.8. The smallest absolute Gasteiger partial charge is 0.272 e. The van der Waals surface area contributed by atoms with Crippen molar-refractivity contribution in [1.82, 2.24) is 29.3 Å². The molecule has 0 N–H and O–H groups in total. The molecule has 0 atom stereocenters. The molecule has 0 radical (unpaired) electrons. The average Bonchev–Trinajstić information content (AvgIpc) is 3.15. The number of aromatic nitrogens is 4. The molecule has 10 heteroatoms. The number of rotatable bonds is 5. The molecule has 3 aliphatic heterocycles. The molecule has 0 spiro atoms. The standard InChI is InChI=1S/C20H29F2N7O/c1-2-27-14-23-17-18(27)24-16(25-19(17)28-7-9-30-10-8-28)11-26-5-3-15(4-6-26)29-12-20(21,22)13-29/h14-15H,2-13H2,1H3. The highest BCUT2D eigenvalue weighted by Crippen LogP contribution is 2.32. The van der Waals surface area contributed by atoms with E-state index in [0.29, 0.717) is 19.8 Å². The molecule has 3 saturated heterocycles. The quantitative estimate of drug-likeness (QED) is 0.727. The summed E-state index contributed by atoms with van der Waals surface area (Å²) in [5.74, 6) is -0.797. The van der Waals surface area contributed by atoms with Crippen LogP contribution in [0.5, 0.6) is 0 Å². The zero-order valence-corrected chi connectivity index (χ0v) is 17.4. The molecular weight excluding hydrogens is 392 g/mol. The number of imidazole rings is 1. The van der Waals surface area contributed by atoms with Crippen LogP contribution in [0.2, 0.25) is 0 Å². The van der Waals surface area contributed by atoms with Crippen molar-refractivity contribution in [3.8, 4) is 0 Å². The summed E-state index contributed by atoms with van der Waals surface area (Å²) in [7, 11) is 0. The van der Waals surface area contributed by atoms with E-state index in [9.17, 15) is 8.78 Å². The van der Waals surface area contributed by atoms with Crippen LogP contribution in [0.25, 0.3) is 11.2 Å². The van der Waals surface area contributed by atoms with Gasteiger partial charge >= 0.3 is 0 Å². The predicted molar refractivity (Wildman–Crippen MR) is 109 cm³/mol. The third-order valence-electron chi connectivity index (χ3n) is 6.45. The van der Waals surface area contributed by atoms with Crippen molar-refractivity contribution < 1.29 is 13.5 Å². The van der Waals surface area contributed by atoms with E-state index in [4.69, 9.17) is 14.7 Å². The van der Waals surface area contributed by atoms with E-state index in [1.54, 1.807) is 0 Å². The van der Waals surface area contributed by atoms with Crippen LogP contribution < -0.4 is 4.90 Å². The number of halogens is 2. The van der Waals surface area contributed by atoms with Crippen LogP contribution in [0.15, 0.2) is 6.33 Å². The molecule has 0 aliphatic carbocycles. The number of alkyl halides is 2. The van der Waals surface area contributed by atoms with E-state index in [0.717, 1.165) is 68.4 Å². The number of hydrogen-bond donors (Lipinski definition) is 0. The largest absolute Gasteiger partial charge is 0.378 e. The summed E-state index contributed by atoms with van der Waals surface area (Å²) >= 11 is 0. The predicted octanol–water partition coefficient (Wildman–Crippen LogP) is 1.60. The number of piperidine rings is 1. The van der Waals surface area contributed by atoms with Crippen molar-refractivity contribution in [3.63, 3.8) is 0 Å². The van der Waals surface area contributed by atoms with E-state index in [2.05, 4.69) is 26.3 Å². The summed E-state index contributed by atoms with van der Waals surface area (Å²) in [6.07, 6.45) is 3.67. The van der Waals surface area contributed by atoms with Gasteiger partial charge in [-0.2, -0.15) is 0 Å². The third kappa shape index (κ3) is 3.88. The first-order chi connectivity index (χ1) is 14.5. The van der Waals surface area contributed by atoms with Gasteiger partial charge in [0.25, 0.3) is 5.92 Å². The highest BCUT2D eigenvalue weighted by molar-refractivity contribution is 5.83. The summed E-state index contributed by atoms with van der Waals surface area (Å²) < 4.78 is 33.9. The fourth-order valence-corrected chi connectivity index (χ4v) is 4.72. The molecule has 2 aromatic heterocycles. The molecule has 2 aromatic rings. The number of hydrogen-bond acceptors (Lipinski definition) is 7. The first kappa shape index (κ1) is 20.0. The van der Waals surface area contributed by atoms with Crippen molar-refractivity contribution in [2.45, 2.75) is 44.8 Å². The monoisotopic (exact) mass is 421 g/mol. The number of fused-ring (bicyclic) bond motifs is 1. The molecule has 3 aliphatic rings. The van der Waals surface area contributed by atoms with Gasteiger partial charge in [0, 0.05) is 38.8 Å². The lowest BCUT2D eigenvalue weighted by Gasteiger charge is -2.46. The first-order valence-electron chi connectivity index (χ1n) is 10.9. The molecular formula is C20H29F2N7O. The topological polar surface area (TPSA) is 62.6 Å². The summed E-state index contributed by atoms with van der Waals surface area (Å²) in [5.41, 5.74) is 1.72. The van der Waals surface area contributed by atoms with Crippen LogP contribution in [0.3, 0.4) is 0 Å². The molecule has 5 heterocycles. The van der Waals surface area contributed by atoms with Gasteiger partial charge in [0.15, 0.2) is 17.0 Å². The molecule has 0 amide bonds. The van der Waals surface area contributed by atoms with E-state index < -0.39 is 5.92 Å². The normalized spacial score (nSPS) is 23.8. The number of morpholine rings is 1. The fourth-order valence-electron chi connectivity index (χ4n) is 4.72. The molecule has 30 heavy (non-hydrogen) atoms. The zero-order valence-electron chi connectivity index (χ0n) is 17.4. The Morgan fingerprint density at radius 2 is 1.83 bits per heavy atom. The fraction of sp³-hybridized carbons (Fsp3) is 0.750. The van der Waals surface area contributed by atoms with Gasteiger partial charge in [-0.3, -0.25) is 9.80 Å². The number of nitrogens with zero attached hydrogens (tertiary/aromatic N) is 7. The van der Waals surface area contributed by atoms with E-state index in [1.807, 2.05) is 11.2 Å². The van der Waals surface area contributed by atoms with Gasteiger partial charge in [-0.25, -0.2) is 23.7 Å². The third-order valence-corrected chi connectivity index (χ3v) is 6.45. The zero-order chi connectivity index (χ0) is 20.7.